The summed E-state index contributed by atoms with van der Waals surface area (Å²) >= 11 is 3.42. The summed E-state index contributed by atoms with van der Waals surface area (Å²) in [7, 11) is -3.72. The van der Waals surface area contributed by atoms with Crippen molar-refractivity contribution in [2.45, 2.75) is 18.4 Å². The first-order valence-electron chi connectivity index (χ1n) is 11.3. The Labute approximate surface area is 224 Å². The van der Waals surface area contributed by atoms with Crippen LogP contribution in [0.1, 0.15) is 27.0 Å². The van der Waals surface area contributed by atoms with Gasteiger partial charge in [0.15, 0.2) is 0 Å². The summed E-state index contributed by atoms with van der Waals surface area (Å²) in [6.45, 7) is 2.28. The summed E-state index contributed by atoms with van der Waals surface area (Å²) < 4.78 is 34.5. The van der Waals surface area contributed by atoms with E-state index in [0.29, 0.717) is 29.2 Å². The molecule has 37 heavy (non-hydrogen) atoms. The number of benzene rings is 4. The van der Waals surface area contributed by atoms with Gasteiger partial charge in [-0.2, -0.15) is 5.10 Å². The van der Waals surface area contributed by atoms with Crippen molar-refractivity contribution in [3.8, 4) is 5.75 Å². The second-order valence-corrected chi connectivity index (χ2v) is 10.7. The second-order valence-electron chi connectivity index (χ2n) is 8.15. The van der Waals surface area contributed by atoms with E-state index in [-0.39, 0.29) is 4.90 Å². The molecule has 0 unspecified atom stereocenters. The molecule has 0 radical (unpaired) electrons. The van der Waals surface area contributed by atoms with Gasteiger partial charge in [-0.1, -0.05) is 57.9 Å². The molecule has 4 rings (SSSR count). The summed E-state index contributed by atoms with van der Waals surface area (Å²) in [6.07, 6.45) is 1.51. The van der Waals surface area contributed by atoms with Crippen LogP contribution in [-0.4, -0.2) is 20.5 Å². The number of hydrazone groups is 1. The predicted molar refractivity (Wildman–Crippen MR) is 148 cm³/mol. The summed E-state index contributed by atoms with van der Waals surface area (Å²) in [6, 6.07) is 27.9. The number of nitrogens with one attached hydrogen (secondary N) is 2. The quantitative estimate of drug-likeness (QED) is 0.191. The van der Waals surface area contributed by atoms with Gasteiger partial charge in [-0.15, -0.1) is 0 Å². The molecular weight excluding hydrogens is 554 g/mol. The highest BCUT2D eigenvalue weighted by Crippen LogP contribution is 2.19. The van der Waals surface area contributed by atoms with Crippen LogP contribution in [0.4, 0.5) is 5.69 Å². The molecular formula is C28H24BrN3O4S. The lowest BCUT2D eigenvalue weighted by Gasteiger charge is -2.09. The van der Waals surface area contributed by atoms with Gasteiger partial charge in [-0.25, -0.2) is 13.8 Å². The topological polar surface area (TPSA) is 96.9 Å². The standard InChI is InChI=1S/C28H24BrN3O4S/c1-20-6-16-26(17-7-20)37(34,35)32-25-14-10-22(11-15-25)28(33)31-30-18-23-4-2-3-5-27(23)36-19-21-8-12-24(29)13-9-21/h2-18,32H,19H2,1H3,(H,31,33)/b30-18+. The molecule has 188 valence electrons. The molecule has 1 amide bonds. The number of halogens is 1. The highest BCUT2D eigenvalue weighted by Gasteiger charge is 2.14. The number of rotatable bonds is 9. The minimum Gasteiger partial charge on any atom is -0.488 e. The zero-order chi connectivity index (χ0) is 26.3. The third-order valence-electron chi connectivity index (χ3n) is 5.33. The Morgan fingerprint density at radius 2 is 1.59 bits per heavy atom. The van der Waals surface area contributed by atoms with Crippen LogP contribution in [0.5, 0.6) is 5.75 Å². The number of carbonyl (C=O) groups is 1. The molecule has 0 heterocycles. The molecule has 0 saturated heterocycles. The lowest BCUT2D eigenvalue weighted by molar-refractivity contribution is 0.0955. The fraction of sp³-hybridized carbons (Fsp3) is 0.0714. The fourth-order valence-electron chi connectivity index (χ4n) is 3.31. The first-order chi connectivity index (χ1) is 17.8. The van der Waals surface area contributed by atoms with Gasteiger partial charge in [-0.05, 0) is 73.2 Å². The smallest absolute Gasteiger partial charge is 0.271 e. The largest absolute Gasteiger partial charge is 0.488 e. The van der Waals surface area contributed by atoms with Crippen LogP contribution >= 0.6 is 15.9 Å². The number of nitrogens with zero attached hydrogens (tertiary/aromatic N) is 1. The van der Waals surface area contributed by atoms with E-state index in [9.17, 15) is 13.2 Å². The van der Waals surface area contributed by atoms with Crippen LogP contribution < -0.4 is 14.9 Å². The molecule has 0 aliphatic heterocycles. The van der Waals surface area contributed by atoms with Gasteiger partial charge in [-0.3, -0.25) is 9.52 Å². The lowest BCUT2D eigenvalue weighted by Crippen LogP contribution is -2.18. The Kier molecular flexibility index (Phi) is 8.37. The van der Waals surface area contributed by atoms with Crippen molar-refractivity contribution < 1.29 is 17.9 Å². The van der Waals surface area contributed by atoms with Crippen molar-refractivity contribution in [3.05, 3.63) is 124 Å². The molecule has 0 saturated carbocycles. The molecule has 4 aromatic rings. The molecule has 0 aromatic heterocycles. The first-order valence-corrected chi connectivity index (χ1v) is 13.6. The number of ether oxygens (including phenoxy) is 1. The average molecular weight is 578 g/mol. The van der Waals surface area contributed by atoms with Gasteiger partial charge >= 0.3 is 0 Å². The molecule has 9 heteroatoms. The number of carbonyl (C=O) groups excluding carboxylic acids is 1. The van der Waals surface area contributed by atoms with Crippen LogP contribution in [0.25, 0.3) is 0 Å². The zero-order valence-electron chi connectivity index (χ0n) is 19.9. The number of para-hydroxylation sites is 1. The van der Waals surface area contributed by atoms with Gasteiger partial charge < -0.3 is 4.74 Å². The molecule has 4 aromatic carbocycles. The van der Waals surface area contributed by atoms with Crippen LogP contribution in [-0.2, 0) is 16.6 Å². The minimum atomic E-state index is -3.72. The van der Waals surface area contributed by atoms with E-state index in [1.54, 1.807) is 24.3 Å². The molecule has 0 bridgehead atoms. The van der Waals surface area contributed by atoms with Crippen molar-refractivity contribution in [2.24, 2.45) is 5.10 Å². The Hall–Kier alpha value is -3.95. The number of amides is 1. The van der Waals surface area contributed by atoms with Gasteiger partial charge in [0.2, 0.25) is 0 Å². The van der Waals surface area contributed by atoms with Gasteiger partial charge in [0.25, 0.3) is 15.9 Å². The average Bonchev–Trinajstić information content (AvgIpc) is 2.89. The number of aryl methyl sites for hydroxylation is 1. The maximum absolute atomic E-state index is 12.6. The van der Waals surface area contributed by atoms with E-state index in [1.807, 2.05) is 55.5 Å². The summed E-state index contributed by atoms with van der Waals surface area (Å²) in [4.78, 5) is 12.7. The van der Waals surface area contributed by atoms with E-state index in [4.69, 9.17) is 4.74 Å². The van der Waals surface area contributed by atoms with Crippen LogP contribution in [0.15, 0.2) is 112 Å². The highest BCUT2D eigenvalue weighted by molar-refractivity contribution is 9.10. The normalized spacial score (nSPS) is 11.3. The van der Waals surface area contributed by atoms with Crippen molar-refractivity contribution in [1.29, 1.82) is 0 Å². The van der Waals surface area contributed by atoms with Crippen molar-refractivity contribution in [1.82, 2.24) is 5.43 Å². The fourth-order valence-corrected chi connectivity index (χ4v) is 4.63. The van der Waals surface area contributed by atoms with Crippen molar-refractivity contribution in [3.63, 3.8) is 0 Å². The second kappa shape index (κ2) is 11.9. The van der Waals surface area contributed by atoms with E-state index in [2.05, 4.69) is 31.2 Å². The van der Waals surface area contributed by atoms with E-state index in [0.717, 1.165) is 15.6 Å². The number of sulfonamides is 1. The minimum absolute atomic E-state index is 0.162. The third-order valence-corrected chi connectivity index (χ3v) is 7.25. The monoisotopic (exact) mass is 577 g/mol. The maximum atomic E-state index is 12.6. The van der Waals surface area contributed by atoms with E-state index < -0.39 is 15.9 Å². The Morgan fingerprint density at radius 1 is 0.919 bits per heavy atom. The predicted octanol–water partition coefficient (Wildman–Crippen LogP) is 5.90. The van der Waals surface area contributed by atoms with Crippen LogP contribution in [0, 0.1) is 6.92 Å². The maximum Gasteiger partial charge on any atom is 0.271 e. The molecule has 2 N–H and O–H groups in total. The zero-order valence-corrected chi connectivity index (χ0v) is 22.3. The van der Waals surface area contributed by atoms with Crippen molar-refractivity contribution in [2.75, 3.05) is 4.72 Å². The lowest BCUT2D eigenvalue weighted by atomic mass is 10.2. The molecule has 0 spiro atoms. The number of hydrogen-bond donors (Lipinski definition) is 2. The first kappa shape index (κ1) is 26.1. The van der Waals surface area contributed by atoms with E-state index in [1.165, 1.54) is 30.5 Å². The summed E-state index contributed by atoms with van der Waals surface area (Å²) in [5, 5.41) is 4.05. The van der Waals surface area contributed by atoms with Crippen LogP contribution in [0.2, 0.25) is 0 Å². The number of anilines is 1. The van der Waals surface area contributed by atoms with Gasteiger partial charge in [0.1, 0.15) is 12.4 Å². The Bertz CT molecular complexity index is 1500. The highest BCUT2D eigenvalue weighted by atomic mass is 79.9. The van der Waals surface area contributed by atoms with Crippen LogP contribution in [0.3, 0.4) is 0 Å². The molecule has 0 aliphatic rings. The third kappa shape index (κ3) is 7.28. The Balaban J connectivity index is 1.35. The van der Waals surface area contributed by atoms with Crippen molar-refractivity contribution >= 4 is 43.8 Å². The van der Waals surface area contributed by atoms with Gasteiger partial charge in [0, 0.05) is 21.3 Å². The SMILES string of the molecule is Cc1ccc(S(=O)(=O)Nc2ccc(C(=O)N/N=C/c3ccccc3OCc3ccc(Br)cc3)cc2)cc1. The summed E-state index contributed by atoms with van der Waals surface area (Å²) in [5.41, 5.74) is 5.85. The molecule has 7 nitrogen and oxygen atoms in total. The molecule has 0 aliphatic carbocycles. The van der Waals surface area contributed by atoms with E-state index >= 15 is 0 Å². The summed E-state index contributed by atoms with van der Waals surface area (Å²) in [5.74, 6) is 0.200. The molecule has 0 fully saturated rings. The number of hydrogen-bond acceptors (Lipinski definition) is 5. The van der Waals surface area contributed by atoms with Gasteiger partial charge in [0.05, 0.1) is 11.1 Å². The Morgan fingerprint density at radius 3 is 2.30 bits per heavy atom. The molecule has 0 atom stereocenters.